The highest BCUT2D eigenvalue weighted by Crippen LogP contribution is 2.40. The Labute approximate surface area is 190 Å². The third-order valence-electron chi connectivity index (χ3n) is 6.11. The quantitative estimate of drug-likeness (QED) is 0.510. The standard InChI is InChI=1S/C23H26N6O2S/c1-14-12-29(13-15(2)31-14)23-25-19-10-20(16-4-3-5-18-17(16)11-24-27-18)32-21(19)22(26-23)28-6-8-30-9-7-28/h3-5,10-11,14-15H,6-9,12-13H2,1-2H3,(H,24,27)/t14-,15+. The summed E-state index contributed by atoms with van der Waals surface area (Å²) < 4.78 is 12.7. The summed E-state index contributed by atoms with van der Waals surface area (Å²) in [5.41, 5.74) is 3.20. The van der Waals surface area contributed by atoms with Gasteiger partial charge in [-0.25, -0.2) is 4.98 Å². The highest BCUT2D eigenvalue weighted by atomic mass is 32.1. The lowest BCUT2D eigenvalue weighted by Crippen LogP contribution is -2.46. The van der Waals surface area contributed by atoms with Crippen LogP contribution in [0.2, 0.25) is 0 Å². The largest absolute Gasteiger partial charge is 0.378 e. The first-order valence-electron chi connectivity index (χ1n) is 11.1. The SMILES string of the molecule is C[C@@H]1CN(c2nc(N3CCOCC3)c3sc(-c4cccc5[nH]ncc45)cc3n2)C[C@H](C)O1. The molecule has 0 spiro atoms. The molecule has 1 N–H and O–H groups in total. The number of rotatable bonds is 3. The van der Waals surface area contributed by atoms with E-state index in [1.54, 1.807) is 11.3 Å². The molecule has 4 aromatic rings. The van der Waals surface area contributed by atoms with Crippen LogP contribution in [0.4, 0.5) is 11.8 Å². The van der Waals surface area contributed by atoms with Gasteiger partial charge in [0.25, 0.3) is 0 Å². The van der Waals surface area contributed by atoms with Crippen molar-refractivity contribution in [2.75, 3.05) is 49.2 Å². The molecule has 2 saturated heterocycles. The lowest BCUT2D eigenvalue weighted by atomic mass is 10.1. The summed E-state index contributed by atoms with van der Waals surface area (Å²) in [4.78, 5) is 15.9. The molecule has 0 aliphatic carbocycles. The third kappa shape index (κ3) is 3.50. The third-order valence-corrected chi connectivity index (χ3v) is 7.26. The van der Waals surface area contributed by atoms with Crippen LogP contribution in [-0.4, -0.2) is 71.8 Å². The van der Waals surface area contributed by atoms with Gasteiger partial charge in [0.1, 0.15) is 0 Å². The number of aromatic nitrogens is 4. The second kappa shape index (κ2) is 7.99. The number of benzene rings is 1. The first kappa shape index (κ1) is 19.9. The molecular formula is C23H26N6O2S. The Morgan fingerprint density at radius 2 is 1.88 bits per heavy atom. The van der Waals surface area contributed by atoms with Gasteiger partial charge in [-0.15, -0.1) is 11.3 Å². The fourth-order valence-electron chi connectivity index (χ4n) is 4.69. The molecule has 2 aliphatic heterocycles. The van der Waals surface area contributed by atoms with Gasteiger partial charge >= 0.3 is 0 Å². The lowest BCUT2D eigenvalue weighted by molar-refractivity contribution is -0.00569. The molecule has 0 radical (unpaired) electrons. The minimum atomic E-state index is 0.154. The first-order chi connectivity index (χ1) is 15.7. The monoisotopic (exact) mass is 450 g/mol. The molecule has 5 heterocycles. The minimum absolute atomic E-state index is 0.154. The molecular weight excluding hydrogens is 424 g/mol. The second-order valence-corrected chi connectivity index (χ2v) is 9.62. The molecule has 32 heavy (non-hydrogen) atoms. The first-order valence-corrected chi connectivity index (χ1v) is 11.9. The van der Waals surface area contributed by atoms with Crippen molar-refractivity contribution in [2.24, 2.45) is 0 Å². The molecule has 6 rings (SSSR count). The van der Waals surface area contributed by atoms with Crippen LogP contribution < -0.4 is 9.80 Å². The average Bonchev–Trinajstić information content (AvgIpc) is 3.45. The molecule has 0 amide bonds. The van der Waals surface area contributed by atoms with Crippen LogP contribution in [0.3, 0.4) is 0 Å². The van der Waals surface area contributed by atoms with Crippen LogP contribution in [0.1, 0.15) is 13.8 Å². The maximum atomic E-state index is 5.94. The summed E-state index contributed by atoms with van der Waals surface area (Å²) in [6.07, 6.45) is 2.20. The number of anilines is 2. The number of aromatic amines is 1. The van der Waals surface area contributed by atoms with Crippen LogP contribution in [-0.2, 0) is 9.47 Å². The van der Waals surface area contributed by atoms with Gasteiger partial charge < -0.3 is 19.3 Å². The molecule has 8 nitrogen and oxygen atoms in total. The van der Waals surface area contributed by atoms with E-state index in [2.05, 4.69) is 58.1 Å². The van der Waals surface area contributed by atoms with Gasteiger partial charge in [-0.05, 0) is 26.0 Å². The summed E-state index contributed by atoms with van der Waals surface area (Å²) >= 11 is 1.75. The molecule has 1 aromatic carbocycles. The Hall–Kier alpha value is -2.75. The topological polar surface area (TPSA) is 79.4 Å². The molecule has 2 atom stereocenters. The van der Waals surface area contributed by atoms with Gasteiger partial charge in [0.05, 0.1) is 47.4 Å². The highest BCUT2D eigenvalue weighted by Gasteiger charge is 2.27. The maximum Gasteiger partial charge on any atom is 0.228 e. The predicted molar refractivity (Wildman–Crippen MR) is 128 cm³/mol. The van der Waals surface area contributed by atoms with E-state index in [0.717, 1.165) is 72.3 Å². The van der Waals surface area contributed by atoms with Crippen molar-refractivity contribution in [3.05, 3.63) is 30.5 Å². The summed E-state index contributed by atoms with van der Waals surface area (Å²) in [5, 5.41) is 8.43. The van der Waals surface area contributed by atoms with E-state index in [4.69, 9.17) is 19.4 Å². The number of thiophene rings is 1. The van der Waals surface area contributed by atoms with Crippen LogP contribution in [0, 0.1) is 0 Å². The number of H-pyrrole nitrogens is 1. The van der Waals surface area contributed by atoms with E-state index < -0.39 is 0 Å². The normalized spacial score (nSPS) is 22.2. The Morgan fingerprint density at radius 1 is 1.06 bits per heavy atom. The molecule has 9 heteroatoms. The average molecular weight is 451 g/mol. The lowest BCUT2D eigenvalue weighted by Gasteiger charge is -2.36. The van der Waals surface area contributed by atoms with Crippen molar-refractivity contribution < 1.29 is 9.47 Å². The van der Waals surface area contributed by atoms with Crippen molar-refractivity contribution in [3.8, 4) is 10.4 Å². The van der Waals surface area contributed by atoms with E-state index in [-0.39, 0.29) is 12.2 Å². The second-order valence-electron chi connectivity index (χ2n) is 8.57. The fraction of sp³-hybridized carbons (Fsp3) is 0.435. The van der Waals surface area contributed by atoms with Gasteiger partial charge in [-0.2, -0.15) is 10.1 Å². The van der Waals surface area contributed by atoms with Crippen LogP contribution >= 0.6 is 11.3 Å². The van der Waals surface area contributed by atoms with Crippen molar-refractivity contribution in [3.63, 3.8) is 0 Å². The van der Waals surface area contributed by atoms with Crippen LogP contribution in [0.25, 0.3) is 31.6 Å². The summed E-state index contributed by atoms with van der Waals surface area (Å²) in [6.45, 7) is 8.93. The summed E-state index contributed by atoms with van der Waals surface area (Å²) in [6, 6.07) is 8.47. The van der Waals surface area contributed by atoms with E-state index in [9.17, 15) is 0 Å². The number of hydrogen-bond acceptors (Lipinski definition) is 8. The summed E-state index contributed by atoms with van der Waals surface area (Å²) in [7, 11) is 0. The van der Waals surface area contributed by atoms with E-state index in [1.807, 2.05) is 6.20 Å². The number of nitrogens with one attached hydrogen (secondary N) is 1. The zero-order chi connectivity index (χ0) is 21.7. The molecule has 0 bridgehead atoms. The van der Waals surface area contributed by atoms with Gasteiger partial charge in [-0.1, -0.05) is 12.1 Å². The number of ether oxygens (including phenoxy) is 2. The van der Waals surface area contributed by atoms with Gasteiger partial charge in [0.2, 0.25) is 5.95 Å². The highest BCUT2D eigenvalue weighted by molar-refractivity contribution is 7.22. The minimum Gasteiger partial charge on any atom is -0.378 e. The Morgan fingerprint density at radius 3 is 2.69 bits per heavy atom. The van der Waals surface area contributed by atoms with Gasteiger partial charge in [-0.3, -0.25) is 5.10 Å². The smallest absolute Gasteiger partial charge is 0.228 e. The number of fused-ring (bicyclic) bond motifs is 2. The van der Waals surface area contributed by atoms with Crippen molar-refractivity contribution in [1.82, 2.24) is 20.2 Å². The Bertz CT molecular complexity index is 1250. The molecule has 2 fully saturated rings. The predicted octanol–water partition coefficient (Wildman–Crippen LogP) is 3.68. The van der Waals surface area contributed by atoms with E-state index >= 15 is 0 Å². The molecule has 3 aromatic heterocycles. The molecule has 166 valence electrons. The van der Waals surface area contributed by atoms with Crippen molar-refractivity contribution in [1.29, 1.82) is 0 Å². The van der Waals surface area contributed by atoms with Crippen molar-refractivity contribution >= 4 is 44.2 Å². The van der Waals surface area contributed by atoms with Gasteiger partial charge in [0, 0.05) is 42.0 Å². The molecule has 0 unspecified atom stereocenters. The molecule has 2 aliphatic rings. The van der Waals surface area contributed by atoms with Crippen molar-refractivity contribution in [2.45, 2.75) is 26.1 Å². The summed E-state index contributed by atoms with van der Waals surface area (Å²) in [5.74, 6) is 1.79. The van der Waals surface area contributed by atoms with Gasteiger partial charge in [0.15, 0.2) is 5.82 Å². The Balaban J connectivity index is 1.50. The maximum absolute atomic E-state index is 5.94. The molecule has 0 saturated carbocycles. The fourth-order valence-corrected chi connectivity index (χ4v) is 5.84. The van der Waals surface area contributed by atoms with E-state index in [1.165, 1.54) is 10.4 Å². The number of nitrogens with zero attached hydrogens (tertiary/aromatic N) is 5. The zero-order valence-electron chi connectivity index (χ0n) is 18.2. The van der Waals surface area contributed by atoms with E-state index in [0.29, 0.717) is 0 Å². The Kier molecular flexibility index (Phi) is 4.97. The van der Waals surface area contributed by atoms with Crippen LogP contribution in [0.15, 0.2) is 30.5 Å². The van der Waals surface area contributed by atoms with Crippen LogP contribution in [0.5, 0.6) is 0 Å². The number of hydrogen-bond donors (Lipinski definition) is 1. The number of morpholine rings is 2. The zero-order valence-corrected chi connectivity index (χ0v) is 19.1.